The van der Waals surface area contributed by atoms with Gasteiger partial charge in [-0.1, -0.05) is 17.7 Å². The molecule has 1 aliphatic rings. The molecule has 10 heteroatoms. The maximum absolute atomic E-state index is 13.2. The van der Waals surface area contributed by atoms with Gasteiger partial charge in [-0.3, -0.25) is 9.59 Å². The summed E-state index contributed by atoms with van der Waals surface area (Å²) in [5.74, 6) is -0.648. The van der Waals surface area contributed by atoms with Crippen molar-refractivity contribution in [1.82, 2.24) is 4.31 Å². The Morgan fingerprint density at radius 2 is 1.77 bits per heavy atom. The fourth-order valence-corrected chi connectivity index (χ4v) is 5.29. The molecule has 0 saturated carbocycles. The summed E-state index contributed by atoms with van der Waals surface area (Å²) in [5, 5.41) is 2.86. The Balaban J connectivity index is 1.93. The summed E-state index contributed by atoms with van der Waals surface area (Å²) in [4.78, 5) is 25.4. The summed E-state index contributed by atoms with van der Waals surface area (Å²) >= 11 is 6.14. The lowest BCUT2D eigenvalue weighted by Gasteiger charge is -2.24. The van der Waals surface area contributed by atoms with Crippen molar-refractivity contribution < 1.29 is 27.5 Å². The van der Waals surface area contributed by atoms with Gasteiger partial charge >= 0.3 is 0 Å². The number of amides is 2. The van der Waals surface area contributed by atoms with Crippen molar-refractivity contribution in [1.29, 1.82) is 0 Å². The summed E-state index contributed by atoms with van der Waals surface area (Å²) in [6.45, 7) is 3.64. The molecule has 0 spiro atoms. The maximum Gasteiger partial charge on any atom is 0.267 e. The van der Waals surface area contributed by atoms with Gasteiger partial charge in [0, 0.05) is 12.5 Å². The SMILES string of the molecule is COc1cc(OC)c(NC(=O)[C@H]2CCC(=O)N2S(=O)(=O)c2ccc(C)c(C)c2)cc1Cl. The molecule has 8 nitrogen and oxygen atoms in total. The predicted molar refractivity (Wildman–Crippen MR) is 116 cm³/mol. The molecule has 1 fully saturated rings. The highest BCUT2D eigenvalue weighted by Crippen LogP contribution is 2.37. The number of sulfonamides is 1. The number of aryl methyl sites for hydroxylation is 2. The fourth-order valence-electron chi connectivity index (χ4n) is 3.36. The summed E-state index contributed by atoms with van der Waals surface area (Å²) < 4.78 is 37.5. The molecule has 2 aromatic carbocycles. The molecule has 0 bridgehead atoms. The average Bonchev–Trinajstić information content (AvgIpc) is 3.12. The minimum absolute atomic E-state index is 0.0336. The molecular weight excluding hydrogens is 444 g/mol. The summed E-state index contributed by atoms with van der Waals surface area (Å²) in [5.41, 5.74) is 1.93. The number of benzene rings is 2. The molecule has 1 N–H and O–H groups in total. The number of methoxy groups -OCH3 is 2. The minimum Gasteiger partial charge on any atom is -0.495 e. The van der Waals surface area contributed by atoms with Crippen LogP contribution >= 0.6 is 11.6 Å². The van der Waals surface area contributed by atoms with Crippen molar-refractivity contribution >= 4 is 39.1 Å². The van der Waals surface area contributed by atoms with Crippen LogP contribution in [0.5, 0.6) is 11.5 Å². The quantitative estimate of drug-likeness (QED) is 0.700. The highest BCUT2D eigenvalue weighted by molar-refractivity contribution is 7.89. The third kappa shape index (κ3) is 4.33. The van der Waals surface area contributed by atoms with Crippen LogP contribution in [0.4, 0.5) is 5.69 Å². The predicted octanol–water partition coefficient (Wildman–Crippen LogP) is 3.29. The van der Waals surface area contributed by atoms with Gasteiger partial charge in [0.1, 0.15) is 17.5 Å². The first-order valence-corrected chi connectivity index (χ1v) is 11.3. The number of carbonyl (C=O) groups is 2. The van der Waals surface area contributed by atoms with Crippen LogP contribution in [0.1, 0.15) is 24.0 Å². The monoisotopic (exact) mass is 466 g/mol. The van der Waals surface area contributed by atoms with E-state index in [-0.39, 0.29) is 34.2 Å². The molecule has 1 atom stereocenters. The Kier molecular flexibility index (Phi) is 6.47. The Bertz CT molecular complexity index is 1150. The van der Waals surface area contributed by atoms with E-state index in [1.165, 1.54) is 38.5 Å². The number of anilines is 1. The van der Waals surface area contributed by atoms with Crippen molar-refractivity contribution in [3.05, 3.63) is 46.5 Å². The summed E-state index contributed by atoms with van der Waals surface area (Å²) in [6.07, 6.45) is 0.0175. The zero-order valence-corrected chi connectivity index (χ0v) is 19.1. The van der Waals surface area contributed by atoms with Gasteiger partial charge in [0.15, 0.2) is 0 Å². The van der Waals surface area contributed by atoms with Crippen LogP contribution in [0.15, 0.2) is 35.2 Å². The second-order valence-electron chi connectivity index (χ2n) is 7.17. The molecule has 166 valence electrons. The Morgan fingerprint density at radius 3 is 2.39 bits per heavy atom. The van der Waals surface area contributed by atoms with Gasteiger partial charge < -0.3 is 14.8 Å². The number of nitrogens with one attached hydrogen (secondary N) is 1. The van der Waals surface area contributed by atoms with Gasteiger partial charge in [0.05, 0.1) is 29.8 Å². The first-order chi connectivity index (χ1) is 14.6. The van der Waals surface area contributed by atoms with Crippen molar-refractivity contribution in [2.45, 2.75) is 37.6 Å². The number of hydrogen-bond donors (Lipinski definition) is 1. The highest BCUT2D eigenvalue weighted by Gasteiger charge is 2.44. The second-order valence-corrected chi connectivity index (χ2v) is 9.39. The van der Waals surface area contributed by atoms with Crippen LogP contribution in [0, 0.1) is 13.8 Å². The molecule has 2 amide bonds. The normalized spacial score (nSPS) is 16.4. The van der Waals surface area contributed by atoms with Crippen LogP contribution < -0.4 is 14.8 Å². The molecule has 0 radical (unpaired) electrons. The van der Waals surface area contributed by atoms with Crippen molar-refractivity contribution in [3.8, 4) is 11.5 Å². The van der Waals surface area contributed by atoms with Crippen LogP contribution in [0.3, 0.4) is 0 Å². The molecule has 2 aromatic rings. The lowest BCUT2D eigenvalue weighted by molar-refractivity contribution is -0.128. The van der Waals surface area contributed by atoms with Crippen molar-refractivity contribution in [2.24, 2.45) is 0 Å². The molecule has 1 saturated heterocycles. The zero-order chi connectivity index (χ0) is 22.9. The van der Waals surface area contributed by atoms with E-state index in [1.54, 1.807) is 13.0 Å². The lowest BCUT2D eigenvalue weighted by atomic mass is 10.1. The summed E-state index contributed by atoms with van der Waals surface area (Å²) in [6, 6.07) is 6.35. The van der Waals surface area contributed by atoms with Crippen molar-refractivity contribution in [2.75, 3.05) is 19.5 Å². The second kappa shape index (κ2) is 8.76. The Hall–Kier alpha value is -2.78. The first kappa shape index (κ1) is 22.9. The smallest absolute Gasteiger partial charge is 0.267 e. The van der Waals surface area contributed by atoms with Crippen LogP contribution in [0.25, 0.3) is 0 Å². The van der Waals surface area contributed by atoms with Crippen LogP contribution in [-0.2, 0) is 19.6 Å². The topological polar surface area (TPSA) is 102 Å². The highest BCUT2D eigenvalue weighted by atomic mass is 35.5. The van der Waals surface area contributed by atoms with E-state index in [2.05, 4.69) is 5.32 Å². The third-order valence-corrected chi connectivity index (χ3v) is 7.35. The average molecular weight is 467 g/mol. The number of ether oxygens (including phenoxy) is 2. The largest absolute Gasteiger partial charge is 0.495 e. The van der Waals surface area contributed by atoms with E-state index in [4.69, 9.17) is 21.1 Å². The van der Waals surface area contributed by atoms with Gasteiger partial charge in [0.2, 0.25) is 11.8 Å². The van der Waals surface area contributed by atoms with E-state index in [0.29, 0.717) is 10.1 Å². The first-order valence-electron chi connectivity index (χ1n) is 9.47. The Labute approximate surface area is 186 Å². The molecule has 0 unspecified atom stereocenters. The maximum atomic E-state index is 13.2. The van der Waals surface area contributed by atoms with Gasteiger partial charge in [0.25, 0.3) is 10.0 Å². The molecule has 31 heavy (non-hydrogen) atoms. The lowest BCUT2D eigenvalue weighted by Crippen LogP contribution is -2.45. The van der Waals surface area contributed by atoms with Gasteiger partial charge in [-0.15, -0.1) is 0 Å². The third-order valence-electron chi connectivity index (χ3n) is 5.23. The standard InChI is InChI=1S/C21H23ClN2O6S/c1-12-5-6-14(9-13(12)2)31(27,28)24-17(7-8-20(24)25)21(26)23-16-10-15(22)18(29-3)11-19(16)30-4/h5-6,9-11,17H,7-8H2,1-4H3,(H,23,26)/t17-/m1/s1. The van der Waals surface area contributed by atoms with E-state index >= 15 is 0 Å². The number of nitrogens with zero attached hydrogens (tertiary/aromatic N) is 1. The number of halogens is 1. The molecule has 1 aliphatic heterocycles. The van der Waals surface area contributed by atoms with E-state index in [0.717, 1.165) is 11.1 Å². The Morgan fingerprint density at radius 1 is 1.10 bits per heavy atom. The summed E-state index contributed by atoms with van der Waals surface area (Å²) in [7, 11) is -1.35. The van der Waals surface area contributed by atoms with Gasteiger partial charge in [-0.2, -0.15) is 0 Å². The zero-order valence-electron chi connectivity index (χ0n) is 17.6. The molecule has 0 aromatic heterocycles. The van der Waals surface area contributed by atoms with E-state index in [1.807, 2.05) is 6.92 Å². The molecule has 0 aliphatic carbocycles. The molecule has 3 rings (SSSR count). The van der Waals surface area contributed by atoms with Gasteiger partial charge in [-0.05, 0) is 49.6 Å². The van der Waals surface area contributed by atoms with Crippen molar-refractivity contribution in [3.63, 3.8) is 0 Å². The fraction of sp³-hybridized carbons (Fsp3) is 0.333. The number of carbonyl (C=O) groups excluding carboxylic acids is 2. The number of rotatable bonds is 6. The molecular formula is C21H23ClN2O6S. The van der Waals surface area contributed by atoms with Gasteiger partial charge in [-0.25, -0.2) is 12.7 Å². The van der Waals surface area contributed by atoms with E-state index < -0.39 is 27.9 Å². The minimum atomic E-state index is -4.20. The number of hydrogen-bond acceptors (Lipinski definition) is 6. The van der Waals surface area contributed by atoms with Crippen LogP contribution in [-0.4, -0.2) is 44.8 Å². The molecule has 1 heterocycles. The van der Waals surface area contributed by atoms with E-state index in [9.17, 15) is 18.0 Å². The van der Waals surface area contributed by atoms with Crippen LogP contribution in [0.2, 0.25) is 5.02 Å².